The predicted octanol–water partition coefficient (Wildman–Crippen LogP) is 2.18. The van der Waals surface area contributed by atoms with E-state index in [4.69, 9.17) is 0 Å². The van der Waals surface area contributed by atoms with Crippen molar-refractivity contribution in [1.82, 2.24) is 10.3 Å². The molecule has 0 unspecified atom stereocenters. The summed E-state index contributed by atoms with van der Waals surface area (Å²) in [4.78, 5) is 6.63. The fourth-order valence-corrected chi connectivity index (χ4v) is 1.90. The molecule has 2 N–H and O–H groups in total. The van der Waals surface area contributed by atoms with E-state index in [0.717, 1.165) is 12.4 Å². The van der Waals surface area contributed by atoms with Crippen LogP contribution in [0.1, 0.15) is 40.2 Å². The summed E-state index contributed by atoms with van der Waals surface area (Å²) in [5, 5.41) is 12.7. The Labute approximate surface area is 116 Å². The molecule has 0 spiro atoms. The van der Waals surface area contributed by atoms with E-state index in [-0.39, 0.29) is 12.1 Å². The summed E-state index contributed by atoms with van der Waals surface area (Å²) in [6.07, 6.45) is 1.81. The number of aromatic nitrogens is 1. The third kappa shape index (κ3) is 5.17. The predicted molar refractivity (Wildman–Crippen MR) is 80.4 cm³/mol. The Balaban J connectivity index is 2.93. The van der Waals surface area contributed by atoms with Gasteiger partial charge >= 0.3 is 0 Å². The molecular weight excluding hydrogens is 238 g/mol. The van der Waals surface area contributed by atoms with Crippen molar-refractivity contribution in [2.45, 2.75) is 52.7 Å². The summed E-state index contributed by atoms with van der Waals surface area (Å²) in [6, 6.07) is 4.37. The summed E-state index contributed by atoms with van der Waals surface area (Å²) in [5.41, 5.74) is 1.24. The average molecular weight is 265 g/mol. The van der Waals surface area contributed by atoms with Crippen LogP contribution in [0.5, 0.6) is 0 Å². The van der Waals surface area contributed by atoms with Crippen LogP contribution in [0.2, 0.25) is 0 Å². The maximum atomic E-state index is 9.21. The molecule has 0 aromatic carbocycles. The number of hydrogen-bond acceptors (Lipinski definition) is 4. The molecule has 1 aromatic heterocycles. The molecule has 1 rings (SSSR count). The number of nitrogens with one attached hydrogen (secondary N) is 1. The molecule has 1 aromatic rings. The summed E-state index contributed by atoms with van der Waals surface area (Å²) in [5.74, 6) is 0.961. The van der Waals surface area contributed by atoms with Crippen LogP contribution in [-0.2, 0) is 6.54 Å². The Kier molecular flexibility index (Phi) is 5.76. The number of anilines is 1. The molecule has 1 heterocycles. The highest BCUT2D eigenvalue weighted by atomic mass is 16.3. The van der Waals surface area contributed by atoms with Crippen molar-refractivity contribution in [3.63, 3.8) is 0 Å². The smallest absolute Gasteiger partial charge is 0.133 e. The fraction of sp³-hybridized carbons (Fsp3) is 0.667. The third-order valence-electron chi connectivity index (χ3n) is 2.91. The minimum absolute atomic E-state index is 0.0761. The van der Waals surface area contributed by atoms with Crippen LogP contribution in [0.4, 0.5) is 5.82 Å². The lowest BCUT2D eigenvalue weighted by atomic mass is 10.1. The van der Waals surface area contributed by atoms with Crippen LogP contribution in [-0.4, -0.2) is 34.8 Å². The molecule has 0 saturated heterocycles. The largest absolute Gasteiger partial charge is 0.395 e. The minimum atomic E-state index is 0.0761. The quantitative estimate of drug-likeness (QED) is 0.827. The molecule has 0 saturated carbocycles. The second-order valence-electron chi connectivity index (χ2n) is 6.10. The Morgan fingerprint density at radius 2 is 2.05 bits per heavy atom. The molecule has 4 heteroatoms. The van der Waals surface area contributed by atoms with E-state index < -0.39 is 0 Å². The summed E-state index contributed by atoms with van der Waals surface area (Å²) in [6.45, 7) is 12.2. The van der Waals surface area contributed by atoms with Gasteiger partial charge in [0.1, 0.15) is 5.82 Å². The second-order valence-corrected chi connectivity index (χ2v) is 6.10. The van der Waals surface area contributed by atoms with Crippen molar-refractivity contribution >= 4 is 5.82 Å². The van der Waals surface area contributed by atoms with Crippen molar-refractivity contribution in [2.75, 3.05) is 18.1 Å². The highest BCUT2D eigenvalue weighted by Gasteiger charge is 2.16. The number of aliphatic hydroxyl groups excluding tert-OH is 1. The molecule has 0 amide bonds. The van der Waals surface area contributed by atoms with Gasteiger partial charge in [0, 0.05) is 36.4 Å². The lowest BCUT2D eigenvalue weighted by molar-refractivity contribution is 0.298. The highest BCUT2D eigenvalue weighted by molar-refractivity contribution is 5.47. The highest BCUT2D eigenvalue weighted by Crippen LogP contribution is 2.20. The van der Waals surface area contributed by atoms with E-state index in [2.05, 4.69) is 55.9 Å². The van der Waals surface area contributed by atoms with E-state index in [1.807, 2.05) is 12.3 Å². The molecule has 108 valence electrons. The summed E-state index contributed by atoms with van der Waals surface area (Å²) in [7, 11) is 0. The van der Waals surface area contributed by atoms with E-state index in [0.29, 0.717) is 12.6 Å². The molecule has 4 nitrogen and oxygen atoms in total. The van der Waals surface area contributed by atoms with E-state index >= 15 is 0 Å². The molecule has 0 radical (unpaired) electrons. The van der Waals surface area contributed by atoms with Gasteiger partial charge in [-0.1, -0.05) is 6.07 Å². The standard InChI is InChI=1S/C15H27N3O/c1-12(2)18(9-10-19)14-13(7-6-8-16-14)11-17-15(3,4)5/h6-8,12,17,19H,9-11H2,1-5H3. The maximum Gasteiger partial charge on any atom is 0.133 e. The molecular formula is C15H27N3O. The van der Waals surface area contributed by atoms with E-state index in [1.54, 1.807) is 0 Å². The number of aliphatic hydroxyl groups is 1. The lowest BCUT2D eigenvalue weighted by Gasteiger charge is -2.30. The molecule has 0 bridgehead atoms. The van der Waals surface area contributed by atoms with Gasteiger partial charge in [0.25, 0.3) is 0 Å². The normalized spacial score (nSPS) is 11.9. The van der Waals surface area contributed by atoms with Gasteiger partial charge in [-0.15, -0.1) is 0 Å². The minimum Gasteiger partial charge on any atom is -0.395 e. The van der Waals surface area contributed by atoms with Gasteiger partial charge in [0.2, 0.25) is 0 Å². The van der Waals surface area contributed by atoms with Crippen LogP contribution >= 0.6 is 0 Å². The first-order valence-corrected chi connectivity index (χ1v) is 6.91. The monoisotopic (exact) mass is 265 g/mol. The van der Waals surface area contributed by atoms with Gasteiger partial charge in [0.05, 0.1) is 6.61 Å². The van der Waals surface area contributed by atoms with Gasteiger partial charge in [-0.05, 0) is 40.7 Å². The van der Waals surface area contributed by atoms with Crippen LogP contribution in [0, 0.1) is 0 Å². The number of pyridine rings is 1. The maximum absolute atomic E-state index is 9.21. The van der Waals surface area contributed by atoms with Gasteiger partial charge < -0.3 is 15.3 Å². The SMILES string of the molecule is CC(C)N(CCO)c1ncccc1CNC(C)(C)C. The van der Waals surface area contributed by atoms with Crippen molar-refractivity contribution in [1.29, 1.82) is 0 Å². The number of nitrogens with zero attached hydrogens (tertiary/aromatic N) is 2. The van der Waals surface area contributed by atoms with Gasteiger partial charge in [-0.3, -0.25) is 0 Å². The molecule has 0 aliphatic heterocycles. The van der Waals surface area contributed by atoms with Gasteiger partial charge in [-0.2, -0.15) is 0 Å². The Morgan fingerprint density at radius 3 is 2.58 bits per heavy atom. The van der Waals surface area contributed by atoms with Gasteiger partial charge in [-0.25, -0.2) is 4.98 Å². The zero-order valence-corrected chi connectivity index (χ0v) is 12.8. The molecule has 0 aliphatic carbocycles. The van der Waals surface area contributed by atoms with Crippen LogP contribution in [0.25, 0.3) is 0 Å². The average Bonchev–Trinajstić information content (AvgIpc) is 2.33. The van der Waals surface area contributed by atoms with Crippen molar-refractivity contribution in [3.05, 3.63) is 23.9 Å². The number of hydrogen-bond donors (Lipinski definition) is 2. The summed E-state index contributed by atoms with van der Waals surface area (Å²) < 4.78 is 0. The van der Waals surface area contributed by atoms with Crippen LogP contribution < -0.4 is 10.2 Å². The fourth-order valence-electron chi connectivity index (χ4n) is 1.90. The first-order valence-electron chi connectivity index (χ1n) is 6.91. The first-order chi connectivity index (χ1) is 8.85. The Bertz CT molecular complexity index is 385. The van der Waals surface area contributed by atoms with E-state index in [1.165, 1.54) is 5.56 Å². The number of rotatable bonds is 6. The topological polar surface area (TPSA) is 48.4 Å². The third-order valence-corrected chi connectivity index (χ3v) is 2.91. The molecule has 0 aliphatic rings. The lowest BCUT2D eigenvalue weighted by Crippen LogP contribution is -2.38. The first kappa shape index (κ1) is 15.9. The summed E-state index contributed by atoms with van der Waals surface area (Å²) >= 11 is 0. The van der Waals surface area contributed by atoms with Crippen LogP contribution in [0.3, 0.4) is 0 Å². The molecule has 0 fully saturated rings. The van der Waals surface area contributed by atoms with Crippen molar-refractivity contribution in [2.24, 2.45) is 0 Å². The zero-order valence-electron chi connectivity index (χ0n) is 12.8. The Morgan fingerprint density at radius 1 is 1.37 bits per heavy atom. The Hall–Kier alpha value is -1.13. The van der Waals surface area contributed by atoms with Crippen molar-refractivity contribution < 1.29 is 5.11 Å². The van der Waals surface area contributed by atoms with Gasteiger partial charge in [0.15, 0.2) is 0 Å². The van der Waals surface area contributed by atoms with Crippen LogP contribution in [0.15, 0.2) is 18.3 Å². The zero-order chi connectivity index (χ0) is 14.5. The van der Waals surface area contributed by atoms with Crippen molar-refractivity contribution in [3.8, 4) is 0 Å². The van der Waals surface area contributed by atoms with E-state index in [9.17, 15) is 5.11 Å². The second kappa shape index (κ2) is 6.87. The molecule has 0 atom stereocenters. The molecule has 19 heavy (non-hydrogen) atoms.